The van der Waals surface area contributed by atoms with Gasteiger partial charge in [-0.05, 0) is 63.8 Å². The Hall–Kier alpha value is -1.23. The molecule has 0 unspecified atom stereocenters. The summed E-state index contributed by atoms with van der Waals surface area (Å²) in [5.74, 6) is 0. The van der Waals surface area contributed by atoms with Crippen molar-refractivity contribution in [3.63, 3.8) is 0 Å². The van der Waals surface area contributed by atoms with Crippen LogP contribution in [0.4, 0.5) is 10.5 Å². The first-order chi connectivity index (χ1) is 11.2. The van der Waals surface area contributed by atoms with Crippen LogP contribution in [-0.4, -0.2) is 42.8 Å². The van der Waals surface area contributed by atoms with Crippen molar-refractivity contribution in [3.8, 4) is 0 Å². The third-order valence-corrected chi connectivity index (χ3v) is 5.14. The highest BCUT2D eigenvalue weighted by Gasteiger charge is 2.28. The van der Waals surface area contributed by atoms with Gasteiger partial charge in [-0.2, -0.15) is 0 Å². The van der Waals surface area contributed by atoms with Gasteiger partial charge in [0.25, 0.3) is 0 Å². The number of piperidine rings is 1. The third-order valence-electron chi connectivity index (χ3n) is 4.54. The van der Waals surface area contributed by atoms with E-state index < -0.39 is 5.60 Å². The normalized spacial score (nSPS) is 16.2. The highest BCUT2D eigenvalue weighted by Crippen LogP contribution is 2.26. The van der Waals surface area contributed by atoms with Crippen LogP contribution in [0.25, 0.3) is 0 Å². The molecule has 1 aromatic carbocycles. The van der Waals surface area contributed by atoms with Gasteiger partial charge in [0, 0.05) is 37.2 Å². The molecule has 0 bridgehead atoms. The first-order valence-electron chi connectivity index (χ1n) is 8.57. The molecule has 1 heterocycles. The largest absolute Gasteiger partial charge is 0.444 e. The minimum absolute atomic E-state index is 0.224. The highest BCUT2D eigenvalue weighted by atomic mass is 79.9. The number of rotatable bonds is 3. The van der Waals surface area contributed by atoms with Crippen LogP contribution in [0.2, 0.25) is 0 Å². The van der Waals surface area contributed by atoms with E-state index in [4.69, 9.17) is 4.74 Å². The number of anilines is 1. The molecule has 1 aliphatic heterocycles. The summed E-state index contributed by atoms with van der Waals surface area (Å²) in [4.78, 5) is 16.4. The predicted molar refractivity (Wildman–Crippen MR) is 103 cm³/mol. The molecule has 1 amide bonds. The number of amides is 1. The molecule has 1 saturated heterocycles. The fourth-order valence-corrected chi connectivity index (χ4v) is 3.60. The second kappa shape index (κ2) is 7.77. The van der Waals surface area contributed by atoms with E-state index in [-0.39, 0.29) is 12.1 Å². The summed E-state index contributed by atoms with van der Waals surface area (Å²) in [5.41, 5.74) is 3.48. The Morgan fingerprint density at radius 1 is 1.33 bits per heavy atom. The molecular weight excluding hydrogens is 368 g/mol. The lowest BCUT2D eigenvalue weighted by atomic mass is 10.0. The predicted octanol–water partition coefficient (Wildman–Crippen LogP) is 4.73. The van der Waals surface area contributed by atoms with Crippen molar-refractivity contribution in [3.05, 3.63) is 29.3 Å². The summed E-state index contributed by atoms with van der Waals surface area (Å²) in [7, 11) is 1.85. The number of nitrogens with zero attached hydrogens (tertiary/aromatic N) is 2. The van der Waals surface area contributed by atoms with E-state index in [0.29, 0.717) is 0 Å². The van der Waals surface area contributed by atoms with E-state index in [1.165, 1.54) is 16.8 Å². The standard InChI is InChI=1S/C19H29BrN2O2/c1-14-6-7-17(12-15(14)13-20)22-10-8-16(9-11-22)21(5)18(23)24-19(2,3)4/h6-7,12,16H,8-11,13H2,1-5H3. The van der Waals surface area contributed by atoms with Crippen LogP contribution < -0.4 is 4.90 Å². The first kappa shape index (κ1) is 19.1. The van der Waals surface area contributed by atoms with Crippen LogP contribution in [0.15, 0.2) is 18.2 Å². The molecule has 1 aliphatic rings. The smallest absolute Gasteiger partial charge is 0.410 e. The van der Waals surface area contributed by atoms with Gasteiger partial charge in [0.05, 0.1) is 0 Å². The average Bonchev–Trinajstić information content (AvgIpc) is 2.53. The van der Waals surface area contributed by atoms with E-state index in [1.807, 2.05) is 27.8 Å². The third kappa shape index (κ3) is 4.88. The molecule has 5 heteroatoms. The van der Waals surface area contributed by atoms with Crippen molar-refractivity contribution in [1.82, 2.24) is 4.90 Å². The van der Waals surface area contributed by atoms with Crippen LogP contribution in [0.1, 0.15) is 44.7 Å². The summed E-state index contributed by atoms with van der Waals surface area (Å²) in [6.07, 6.45) is 1.71. The zero-order valence-electron chi connectivity index (χ0n) is 15.4. The van der Waals surface area contributed by atoms with Crippen LogP contribution >= 0.6 is 15.9 Å². The van der Waals surface area contributed by atoms with E-state index in [2.05, 4.69) is 46.0 Å². The van der Waals surface area contributed by atoms with Crippen molar-refractivity contribution in [2.75, 3.05) is 25.0 Å². The summed E-state index contributed by atoms with van der Waals surface area (Å²) in [6, 6.07) is 6.89. The van der Waals surface area contributed by atoms with Gasteiger partial charge in [-0.3, -0.25) is 0 Å². The fraction of sp³-hybridized carbons (Fsp3) is 0.632. The van der Waals surface area contributed by atoms with Gasteiger partial charge in [0.1, 0.15) is 5.60 Å². The minimum Gasteiger partial charge on any atom is -0.444 e. The molecule has 134 valence electrons. The van der Waals surface area contributed by atoms with Gasteiger partial charge in [0.15, 0.2) is 0 Å². The van der Waals surface area contributed by atoms with Crippen molar-refractivity contribution in [2.24, 2.45) is 0 Å². The number of aryl methyl sites for hydroxylation is 1. The second-order valence-corrected chi connectivity index (χ2v) is 8.11. The Bertz CT molecular complexity index is 575. The number of halogens is 1. The van der Waals surface area contributed by atoms with Crippen molar-refractivity contribution < 1.29 is 9.53 Å². The minimum atomic E-state index is -0.444. The number of carbonyl (C=O) groups excluding carboxylic acids is 1. The molecule has 4 nitrogen and oxygen atoms in total. The highest BCUT2D eigenvalue weighted by molar-refractivity contribution is 9.08. The van der Waals surface area contributed by atoms with E-state index in [9.17, 15) is 4.79 Å². The Morgan fingerprint density at radius 2 is 1.96 bits per heavy atom. The molecule has 0 aliphatic carbocycles. The van der Waals surface area contributed by atoms with Gasteiger partial charge >= 0.3 is 6.09 Å². The number of benzene rings is 1. The molecule has 2 rings (SSSR count). The molecule has 0 aromatic heterocycles. The monoisotopic (exact) mass is 396 g/mol. The molecule has 1 aromatic rings. The lowest BCUT2D eigenvalue weighted by molar-refractivity contribution is 0.0201. The Balaban J connectivity index is 1.94. The van der Waals surface area contributed by atoms with Gasteiger partial charge in [-0.1, -0.05) is 22.0 Å². The van der Waals surface area contributed by atoms with E-state index in [0.717, 1.165) is 31.3 Å². The van der Waals surface area contributed by atoms with Crippen molar-refractivity contribution in [2.45, 2.75) is 57.5 Å². The lowest BCUT2D eigenvalue weighted by Gasteiger charge is -2.38. The van der Waals surface area contributed by atoms with Crippen molar-refractivity contribution >= 4 is 27.7 Å². The van der Waals surface area contributed by atoms with Gasteiger partial charge < -0.3 is 14.5 Å². The SMILES string of the molecule is Cc1ccc(N2CCC(N(C)C(=O)OC(C)(C)C)CC2)cc1CBr. The quantitative estimate of drug-likeness (QED) is 0.692. The maximum Gasteiger partial charge on any atom is 0.410 e. The number of alkyl halides is 1. The average molecular weight is 397 g/mol. The first-order valence-corrected chi connectivity index (χ1v) is 9.69. The fourth-order valence-electron chi connectivity index (χ4n) is 2.99. The molecule has 0 N–H and O–H groups in total. The topological polar surface area (TPSA) is 32.8 Å². The summed E-state index contributed by atoms with van der Waals surface area (Å²) in [6.45, 7) is 9.77. The van der Waals surface area contributed by atoms with E-state index >= 15 is 0 Å². The number of hydrogen-bond acceptors (Lipinski definition) is 3. The van der Waals surface area contributed by atoms with Crippen LogP contribution in [0, 0.1) is 6.92 Å². The lowest BCUT2D eigenvalue weighted by Crippen LogP contribution is -2.47. The molecule has 0 atom stereocenters. The van der Waals surface area contributed by atoms with E-state index in [1.54, 1.807) is 4.90 Å². The Kier molecular flexibility index (Phi) is 6.18. The zero-order valence-corrected chi connectivity index (χ0v) is 17.0. The van der Waals surface area contributed by atoms with Gasteiger partial charge in [-0.15, -0.1) is 0 Å². The molecular formula is C19H29BrN2O2. The molecule has 0 spiro atoms. The number of carbonyl (C=O) groups is 1. The maximum absolute atomic E-state index is 12.2. The number of hydrogen-bond donors (Lipinski definition) is 0. The summed E-state index contributed by atoms with van der Waals surface area (Å²) in [5, 5.41) is 0.879. The Morgan fingerprint density at radius 3 is 2.50 bits per heavy atom. The zero-order chi connectivity index (χ0) is 17.9. The summed E-state index contributed by atoms with van der Waals surface area (Å²) < 4.78 is 5.48. The van der Waals surface area contributed by atoms with Crippen LogP contribution in [-0.2, 0) is 10.1 Å². The second-order valence-electron chi connectivity index (χ2n) is 7.55. The number of ether oxygens (including phenoxy) is 1. The van der Waals surface area contributed by atoms with Crippen LogP contribution in [0.5, 0.6) is 0 Å². The van der Waals surface area contributed by atoms with Gasteiger partial charge in [0.2, 0.25) is 0 Å². The van der Waals surface area contributed by atoms with Crippen molar-refractivity contribution in [1.29, 1.82) is 0 Å². The van der Waals surface area contributed by atoms with Gasteiger partial charge in [-0.25, -0.2) is 4.79 Å². The Labute approximate surface area is 154 Å². The molecule has 0 saturated carbocycles. The molecule has 1 fully saturated rings. The maximum atomic E-state index is 12.2. The molecule has 0 radical (unpaired) electrons. The molecule has 24 heavy (non-hydrogen) atoms. The van der Waals surface area contributed by atoms with Crippen LogP contribution in [0.3, 0.4) is 0 Å². The summed E-state index contributed by atoms with van der Waals surface area (Å²) >= 11 is 3.56.